The minimum Gasteiger partial charge on any atom is -0.468 e. The van der Waals surface area contributed by atoms with E-state index in [1.807, 2.05) is 13.1 Å². The Labute approximate surface area is 115 Å². The monoisotopic (exact) mass is 263 g/mol. The van der Waals surface area contributed by atoms with Crippen molar-refractivity contribution in [3.63, 3.8) is 0 Å². The van der Waals surface area contributed by atoms with Crippen LogP contribution in [0.5, 0.6) is 0 Å². The highest BCUT2D eigenvalue weighted by Gasteiger charge is 2.41. The van der Waals surface area contributed by atoms with Crippen LogP contribution >= 0.6 is 0 Å². The first kappa shape index (κ1) is 13.2. The van der Waals surface area contributed by atoms with Crippen LogP contribution in [-0.2, 0) is 4.74 Å². The average molecular weight is 263 g/mol. The van der Waals surface area contributed by atoms with E-state index in [0.717, 1.165) is 18.8 Å². The van der Waals surface area contributed by atoms with Crippen LogP contribution in [-0.4, -0.2) is 19.3 Å². The minimum absolute atomic E-state index is 0.170. The molecule has 2 atom stereocenters. The van der Waals surface area contributed by atoms with Crippen LogP contribution in [0.25, 0.3) is 0 Å². The molecule has 0 amide bonds. The van der Waals surface area contributed by atoms with E-state index in [-0.39, 0.29) is 5.60 Å². The fourth-order valence-electron chi connectivity index (χ4n) is 3.97. The SMILES string of the molecule is CNC(c1ccco1)C1CCOC2(CCCCC2)C1. The van der Waals surface area contributed by atoms with Gasteiger partial charge in [-0.25, -0.2) is 0 Å². The molecule has 106 valence electrons. The maximum atomic E-state index is 6.19. The molecular weight excluding hydrogens is 238 g/mol. The second kappa shape index (κ2) is 5.68. The molecule has 2 aliphatic rings. The third-order valence-electron chi connectivity index (χ3n) is 4.93. The maximum Gasteiger partial charge on any atom is 0.120 e. The van der Waals surface area contributed by atoms with Gasteiger partial charge in [-0.2, -0.15) is 0 Å². The summed E-state index contributed by atoms with van der Waals surface area (Å²) < 4.78 is 11.8. The van der Waals surface area contributed by atoms with Crippen molar-refractivity contribution in [1.82, 2.24) is 5.32 Å². The van der Waals surface area contributed by atoms with E-state index in [4.69, 9.17) is 9.15 Å². The fourth-order valence-corrected chi connectivity index (χ4v) is 3.97. The first-order valence-electron chi connectivity index (χ1n) is 7.68. The van der Waals surface area contributed by atoms with Gasteiger partial charge in [0.2, 0.25) is 0 Å². The van der Waals surface area contributed by atoms with E-state index in [2.05, 4.69) is 11.4 Å². The van der Waals surface area contributed by atoms with Gasteiger partial charge < -0.3 is 14.5 Å². The summed E-state index contributed by atoms with van der Waals surface area (Å²) >= 11 is 0. The Morgan fingerprint density at radius 3 is 2.84 bits per heavy atom. The van der Waals surface area contributed by atoms with Gasteiger partial charge >= 0.3 is 0 Å². The zero-order chi connectivity index (χ0) is 13.1. The van der Waals surface area contributed by atoms with E-state index >= 15 is 0 Å². The minimum atomic E-state index is 0.170. The zero-order valence-electron chi connectivity index (χ0n) is 11.9. The Morgan fingerprint density at radius 1 is 1.32 bits per heavy atom. The molecule has 0 radical (unpaired) electrons. The number of hydrogen-bond acceptors (Lipinski definition) is 3. The van der Waals surface area contributed by atoms with Crippen LogP contribution in [0.15, 0.2) is 22.8 Å². The molecule has 3 heteroatoms. The van der Waals surface area contributed by atoms with Crippen molar-refractivity contribution in [3.05, 3.63) is 24.2 Å². The van der Waals surface area contributed by atoms with Gasteiger partial charge in [0.05, 0.1) is 17.9 Å². The van der Waals surface area contributed by atoms with Crippen molar-refractivity contribution in [2.45, 2.75) is 56.6 Å². The highest BCUT2D eigenvalue weighted by molar-refractivity contribution is 5.07. The molecule has 1 spiro atoms. The highest BCUT2D eigenvalue weighted by atomic mass is 16.5. The highest BCUT2D eigenvalue weighted by Crippen LogP contribution is 2.44. The maximum absolute atomic E-state index is 6.19. The Bertz CT molecular complexity index is 376. The lowest BCUT2D eigenvalue weighted by molar-refractivity contribution is -0.122. The van der Waals surface area contributed by atoms with Gasteiger partial charge in [-0.1, -0.05) is 19.3 Å². The van der Waals surface area contributed by atoms with Crippen molar-refractivity contribution in [3.8, 4) is 0 Å². The molecule has 3 rings (SSSR count). The molecule has 1 aliphatic carbocycles. The van der Waals surface area contributed by atoms with Gasteiger partial charge in [-0.05, 0) is 50.8 Å². The summed E-state index contributed by atoms with van der Waals surface area (Å²) in [7, 11) is 2.04. The van der Waals surface area contributed by atoms with E-state index < -0.39 is 0 Å². The quantitative estimate of drug-likeness (QED) is 0.903. The first-order valence-corrected chi connectivity index (χ1v) is 7.68. The third-order valence-corrected chi connectivity index (χ3v) is 4.93. The molecule has 1 aliphatic heterocycles. The van der Waals surface area contributed by atoms with Gasteiger partial charge in [0.15, 0.2) is 0 Å². The summed E-state index contributed by atoms with van der Waals surface area (Å²) in [6.07, 6.45) is 10.6. The van der Waals surface area contributed by atoms with Crippen molar-refractivity contribution in [1.29, 1.82) is 0 Å². The number of rotatable bonds is 3. The Kier molecular flexibility index (Phi) is 3.94. The summed E-state index contributed by atoms with van der Waals surface area (Å²) in [5, 5.41) is 3.45. The van der Waals surface area contributed by atoms with E-state index in [1.165, 1.54) is 38.5 Å². The fraction of sp³-hybridized carbons (Fsp3) is 0.750. The second-order valence-corrected chi connectivity index (χ2v) is 6.13. The van der Waals surface area contributed by atoms with Crippen LogP contribution in [0, 0.1) is 5.92 Å². The van der Waals surface area contributed by atoms with Crippen LogP contribution < -0.4 is 5.32 Å². The zero-order valence-corrected chi connectivity index (χ0v) is 11.9. The molecule has 1 saturated heterocycles. The van der Waals surface area contributed by atoms with Gasteiger partial charge in [0.1, 0.15) is 5.76 Å². The topological polar surface area (TPSA) is 34.4 Å². The van der Waals surface area contributed by atoms with Crippen LogP contribution in [0.1, 0.15) is 56.7 Å². The van der Waals surface area contributed by atoms with Gasteiger partial charge in [-0.15, -0.1) is 0 Å². The van der Waals surface area contributed by atoms with Gasteiger partial charge in [0.25, 0.3) is 0 Å². The van der Waals surface area contributed by atoms with Crippen molar-refractivity contribution < 1.29 is 9.15 Å². The second-order valence-electron chi connectivity index (χ2n) is 6.13. The summed E-state index contributed by atoms with van der Waals surface area (Å²) in [5.74, 6) is 1.70. The smallest absolute Gasteiger partial charge is 0.120 e. The lowest BCUT2D eigenvalue weighted by Crippen LogP contribution is -2.44. The van der Waals surface area contributed by atoms with Gasteiger partial charge in [0, 0.05) is 6.61 Å². The molecule has 2 fully saturated rings. The Morgan fingerprint density at radius 2 is 2.16 bits per heavy atom. The third kappa shape index (κ3) is 2.72. The number of nitrogens with one attached hydrogen (secondary N) is 1. The van der Waals surface area contributed by atoms with Gasteiger partial charge in [-0.3, -0.25) is 0 Å². The molecule has 1 saturated carbocycles. The normalized spacial score (nSPS) is 28.4. The van der Waals surface area contributed by atoms with E-state index in [1.54, 1.807) is 6.26 Å². The number of furan rings is 1. The van der Waals surface area contributed by atoms with Crippen LogP contribution in [0.2, 0.25) is 0 Å². The largest absolute Gasteiger partial charge is 0.468 e. The standard InChI is InChI=1S/C16H25NO2/c1-17-15(14-6-5-10-18-14)13-7-11-19-16(12-13)8-3-2-4-9-16/h5-6,10,13,15,17H,2-4,7-9,11-12H2,1H3. The van der Waals surface area contributed by atoms with Crippen molar-refractivity contribution >= 4 is 0 Å². The van der Waals surface area contributed by atoms with E-state index in [0.29, 0.717) is 12.0 Å². The first-order chi connectivity index (χ1) is 9.33. The van der Waals surface area contributed by atoms with Crippen molar-refractivity contribution in [2.24, 2.45) is 5.92 Å². The average Bonchev–Trinajstić information content (AvgIpc) is 2.95. The summed E-state index contributed by atoms with van der Waals surface area (Å²) in [5.41, 5.74) is 0.170. The molecule has 0 aromatic carbocycles. The lowest BCUT2D eigenvalue weighted by atomic mass is 9.74. The predicted molar refractivity (Wildman–Crippen MR) is 75.0 cm³/mol. The molecule has 1 N–H and O–H groups in total. The van der Waals surface area contributed by atoms with Crippen LogP contribution in [0.4, 0.5) is 0 Å². The Hall–Kier alpha value is -0.800. The number of hydrogen-bond donors (Lipinski definition) is 1. The molecule has 2 heterocycles. The molecule has 19 heavy (non-hydrogen) atoms. The van der Waals surface area contributed by atoms with Crippen molar-refractivity contribution in [2.75, 3.05) is 13.7 Å². The molecule has 1 aromatic heterocycles. The summed E-state index contributed by atoms with van der Waals surface area (Å²) in [6.45, 7) is 0.906. The van der Waals surface area contributed by atoms with Crippen LogP contribution in [0.3, 0.4) is 0 Å². The molecule has 1 aromatic rings. The molecule has 3 nitrogen and oxygen atoms in total. The lowest BCUT2D eigenvalue weighted by Gasteiger charge is -2.45. The molecule has 2 unspecified atom stereocenters. The Balaban J connectivity index is 1.73. The number of ether oxygens (including phenoxy) is 1. The summed E-state index contributed by atoms with van der Waals surface area (Å²) in [4.78, 5) is 0. The predicted octanol–water partition coefficient (Wildman–Crippen LogP) is 3.67. The molecule has 0 bridgehead atoms. The summed E-state index contributed by atoms with van der Waals surface area (Å²) in [6, 6.07) is 4.40. The van der Waals surface area contributed by atoms with E-state index in [9.17, 15) is 0 Å². The molecular formula is C16H25NO2.